The predicted octanol–water partition coefficient (Wildman–Crippen LogP) is 2.44. The molecular formula is C20H30F3N3O3. The summed E-state index contributed by atoms with van der Waals surface area (Å²) in [7, 11) is 0. The molecule has 3 atom stereocenters. The minimum atomic E-state index is -4.35. The molecule has 3 rings (SSSR count). The highest BCUT2D eigenvalue weighted by Gasteiger charge is 2.40. The molecule has 0 aromatic rings. The van der Waals surface area contributed by atoms with E-state index in [2.05, 4.69) is 22.0 Å². The Morgan fingerprint density at radius 3 is 2.48 bits per heavy atom. The first-order valence-electron chi connectivity index (χ1n) is 9.98. The number of hydrogen-bond donors (Lipinski definition) is 5. The van der Waals surface area contributed by atoms with Crippen LogP contribution >= 0.6 is 0 Å². The standard InChI is InChI=1S/C20H30F3N3O3/c1-19(2,18(27)28)11-29-16-8-7-14(9-24-16)12-3-5-13(6-4-12)17-25-10-15(26-17)20(21,22)23/h3,8,10,13-14,17-18,24-28H,4-7,9,11H2,1-2H3. The molecule has 0 bridgehead atoms. The topological polar surface area (TPSA) is 85.8 Å². The van der Waals surface area contributed by atoms with Gasteiger partial charge in [0.05, 0.1) is 12.8 Å². The van der Waals surface area contributed by atoms with Crippen LogP contribution in [0.25, 0.3) is 0 Å². The Balaban J connectivity index is 1.46. The van der Waals surface area contributed by atoms with Gasteiger partial charge in [-0.1, -0.05) is 25.5 Å². The van der Waals surface area contributed by atoms with Crippen molar-refractivity contribution in [3.63, 3.8) is 0 Å². The molecule has 0 saturated carbocycles. The van der Waals surface area contributed by atoms with E-state index in [-0.39, 0.29) is 18.7 Å². The van der Waals surface area contributed by atoms with Gasteiger partial charge in [0.15, 0.2) is 12.2 Å². The molecule has 2 aliphatic heterocycles. The predicted molar refractivity (Wildman–Crippen MR) is 102 cm³/mol. The molecule has 3 unspecified atom stereocenters. The molecule has 0 fully saturated rings. The number of allylic oxidation sites excluding steroid dienone is 3. The molecule has 5 N–H and O–H groups in total. The SMILES string of the molecule is CC(C)(COC1=CCC(C2=CCC(C3NC=C(C(F)(F)F)N3)CC2)CN1)C(O)O. The second-order valence-corrected chi connectivity index (χ2v) is 8.69. The van der Waals surface area contributed by atoms with E-state index in [1.165, 1.54) is 5.57 Å². The molecule has 3 aliphatic rings. The van der Waals surface area contributed by atoms with Gasteiger partial charge in [0, 0.05) is 30.0 Å². The average molecular weight is 417 g/mol. The lowest BCUT2D eigenvalue weighted by molar-refractivity contribution is -0.140. The summed E-state index contributed by atoms with van der Waals surface area (Å²) in [6.45, 7) is 4.35. The highest BCUT2D eigenvalue weighted by atomic mass is 19.4. The molecule has 0 spiro atoms. The molecule has 2 heterocycles. The van der Waals surface area contributed by atoms with Gasteiger partial charge in [0.25, 0.3) is 0 Å². The van der Waals surface area contributed by atoms with Crippen LogP contribution in [0, 0.1) is 17.3 Å². The number of rotatable bonds is 6. The highest BCUT2D eigenvalue weighted by molar-refractivity contribution is 5.18. The van der Waals surface area contributed by atoms with Crippen LogP contribution in [-0.2, 0) is 4.74 Å². The molecule has 0 aromatic heterocycles. The Hall–Kier alpha value is -1.87. The first-order chi connectivity index (χ1) is 13.6. The number of hydrogen-bond acceptors (Lipinski definition) is 6. The Bertz CT molecular complexity index is 686. The average Bonchev–Trinajstić information content (AvgIpc) is 3.18. The monoisotopic (exact) mass is 417 g/mol. The van der Waals surface area contributed by atoms with Crippen molar-refractivity contribution in [3.8, 4) is 0 Å². The Morgan fingerprint density at radius 1 is 1.21 bits per heavy atom. The normalized spacial score (nSPS) is 28.0. The van der Waals surface area contributed by atoms with Gasteiger partial charge in [-0.15, -0.1) is 0 Å². The number of alkyl halides is 3. The summed E-state index contributed by atoms with van der Waals surface area (Å²) in [5, 5.41) is 27.3. The first kappa shape index (κ1) is 21.8. The fraction of sp³-hybridized carbons (Fsp3) is 0.700. The van der Waals surface area contributed by atoms with Crippen LogP contribution < -0.4 is 16.0 Å². The fourth-order valence-corrected chi connectivity index (χ4v) is 3.75. The minimum Gasteiger partial charge on any atom is -0.479 e. The van der Waals surface area contributed by atoms with E-state index in [9.17, 15) is 23.4 Å². The van der Waals surface area contributed by atoms with Gasteiger partial charge in [-0.05, 0) is 31.8 Å². The van der Waals surface area contributed by atoms with Crippen molar-refractivity contribution < 1.29 is 28.1 Å². The third-order valence-electron chi connectivity index (χ3n) is 5.92. The summed E-state index contributed by atoms with van der Waals surface area (Å²) in [5.74, 6) is 1.11. The van der Waals surface area contributed by atoms with Gasteiger partial charge in [-0.25, -0.2) is 0 Å². The van der Waals surface area contributed by atoms with Crippen LogP contribution in [0.15, 0.2) is 35.5 Å². The highest BCUT2D eigenvalue weighted by Crippen LogP contribution is 2.35. The fourth-order valence-electron chi connectivity index (χ4n) is 3.75. The molecular weight excluding hydrogens is 387 g/mol. The second kappa shape index (κ2) is 8.47. The molecule has 0 aromatic carbocycles. The summed E-state index contributed by atoms with van der Waals surface area (Å²) in [6, 6.07) is 0. The van der Waals surface area contributed by atoms with Crippen LogP contribution in [0.4, 0.5) is 13.2 Å². The van der Waals surface area contributed by atoms with E-state index < -0.39 is 23.6 Å². The Kier molecular flexibility index (Phi) is 6.38. The maximum absolute atomic E-state index is 12.8. The van der Waals surface area contributed by atoms with E-state index in [4.69, 9.17) is 4.74 Å². The molecule has 6 nitrogen and oxygen atoms in total. The summed E-state index contributed by atoms with van der Waals surface area (Å²) in [5.41, 5.74) is -0.135. The van der Waals surface area contributed by atoms with Crippen molar-refractivity contribution in [1.82, 2.24) is 16.0 Å². The van der Waals surface area contributed by atoms with Gasteiger partial charge in [0.1, 0.15) is 5.70 Å². The summed E-state index contributed by atoms with van der Waals surface area (Å²) in [4.78, 5) is 0. The first-order valence-corrected chi connectivity index (χ1v) is 9.98. The number of nitrogens with one attached hydrogen (secondary N) is 3. The van der Waals surface area contributed by atoms with Crippen molar-refractivity contribution in [2.24, 2.45) is 17.3 Å². The van der Waals surface area contributed by atoms with E-state index in [1.807, 2.05) is 6.08 Å². The quantitative estimate of drug-likeness (QED) is 0.337. The van der Waals surface area contributed by atoms with Crippen LogP contribution in [0.1, 0.15) is 39.5 Å². The van der Waals surface area contributed by atoms with E-state index in [1.54, 1.807) is 13.8 Å². The Morgan fingerprint density at radius 2 is 1.97 bits per heavy atom. The zero-order valence-electron chi connectivity index (χ0n) is 16.7. The molecule has 9 heteroatoms. The van der Waals surface area contributed by atoms with E-state index >= 15 is 0 Å². The number of halogens is 3. The zero-order valence-corrected chi connectivity index (χ0v) is 16.7. The zero-order chi connectivity index (χ0) is 21.2. The molecule has 0 amide bonds. The molecule has 0 radical (unpaired) electrons. The van der Waals surface area contributed by atoms with E-state index in [0.717, 1.165) is 38.4 Å². The van der Waals surface area contributed by atoms with Gasteiger partial charge in [0.2, 0.25) is 0 Å². The van der Waals surface area contributed by atoms with Crippen molar-refractivity contribution in [1.29, 1.82) is 0 Å². The Labute approximate surface area is 168 Å². The van der Waals surface area contributed by atoms with Crippen molar-refractivity contribution in [2.45, 2.75) is 58.2 Å². The summed E-state index contributed by atoms with van der Waals surface area (Å²) >= 11 is 0. The smallest absolute Gasteiger partial charge is 0.432 e. The minimum absolute atomic E-state index is 0.118. The third kappa shape index (κ3) is 5.39. The maximum atomic E-state index is 12.8. The lowest BCUT2D eigenvalue weighted by Crippen LogP contribution is -2.42. The summed E-state index contributed by atoms with van der Waals surface area (Å²) in [6.07, 6.45) is 2.26. The van der Waals surface area contributed by atoms with Gasteiger partial charge < -0.3 is 30.9 Å². The van der Waals surface area contributed by atoms with Crippen LogP contribution in [0.5, 0.6) is 0 Å². The van der Waals surface area contributed by atoms with Gasteiger partial charge >= 0.3 is 6.18 Å². The summed E-state index contributed by atoms with van der Waals surface area (Å²) < 4.78 is 44.0. The number of aliphatic hydroxyl groups excluding tert-OH is 1. The lowest BCUT2D eigenvalue weighted by atomic mass is 9.81. The third-order valence-corrected chi connectivity index (χ3v) is 5.92. The molecule has 0 saturated heterocycles. The van der Waals surface area contributed by atoms with Crippen molar-refractivity contribution in [2.75, 3.05) is 13.2 Å². The maximum Gasteiger partial charge on any atom is 0.432 e. The molecule has 1 aliphatic carbocycles. The number of ether oxygens (including phenoxy) is 1. The molecule has 164 valence electrons. The molecule has 29 heavy (non-hydrogen) atoms. The van der Waals surface area contributed by atoms with Crippen LogP contribution in [0.2, 0.25) is 0 Å². The lowest BCUT2D eigenvalue weighted by Gasteiger charge is -2.33. The van der Waals surface area contributed by atoms with E-state index in [0.29, 0.717) is 11.8 Å². The van der Waals surface area contributed by atoms with Crippen molar-refractivity contribution in [3.05, 3.63) is 35.5 Å². The van der Waals surface area contributed by atoms with Gasteiger partial charge in [-0.2, -0.15) is 13.2 Å². The van der Waals surface area contributed by atoms with Crippen molar-refractivity contribution >= 4 is 0 Å². The van der Waals surface area contributed by atoms with Crippen LogP contribution in [0.3, 0.4) is 0 Å². The second-order valence-electron chi connectivity index (χ2n) is 8.69. The largest absolute Gasteiger partial charge is 0.479 e. The van der Waals surface area contributed by atoms with Gasteiger partial charge in [-0.3, -0.25) is 0 Å². The van der Waals surface area contributed by atoms with Crippen LogP contribution in [-0.4, -0.2) is 42.0 Å². The number of aliphatic hydroxyl groups is 2.